The summed E-state index contributed by atoms with van der Waals surface area (Å²) in [5.41, 5.74) is -2.07. The van der Waals surface area contributed by atoms with Crippen LogP contribution in [0.1, 0.15) is 21.6 Å². The van der Waals surface area contributed by atoms with E-state index in [1.165, 1.54) is 16.7 Å². The van der Waals surface area contributed by atoms with Crippen LogP contribution < -0.4 is 14.8 Å². The van der Waals surface area contributed by atoms with Gasteiger partial charge in [-0.15, -0.1) is 11.3 Å². The van der Waals surface area contributed by atoms with Crippen molar-refractivity contribution in [2.24, 2.45) is 0 Å². The number of ether oxygens (including phenoxy) is 1. The van der Waals surface area contributed by atoms with Crippen LogP contribution in [0.4, 0.5) is 24.5 Å². The third kappa shape index (κ3) is 5.58. The number of para-hydroxylation sites is 1. The summed E-state index contributed by atoms with van der Waals surface area (Å²) in [5, 5.41) is 13.8. The molecule has 0 aliphatic rings. The zero-order chi connectivity index (χ0) is 27.5. The molecule has 0 aliphatic carbocycles. The van der Waals surface area contributed by atoms with Gasteiger partial charge >= 0.3 is 6.18 Å². The quantitative estimate of drug-likeness (QED) is 0.320. The van der Waals surface area contributed by atoms with Crippen LogP contribution in [0, 0.1) is 11.3 Å². The van der Waals surface area contributed by atoms with Gasteiger partial charge in [0.05, 0.1) is 35.8 Å². The number of benzene rings is 2. The minimum atomic E-state index is -4.95. The Kier molecular flexibility index (Phi) is 7.33. The first kappa shape index (κ1) is 26.6. The van der Waals surface area contributed by atoms with Gasteiger partial charge in [0.25, 0.3) is 15.9 Å². The second-order valence-electron chi connectivity index (χ2n) is 7.53. The maximum absolute atomic E-state index is 13.5. The maximum atomic E-state index is 13.5. The number of carbonyl (C=O) groups is 1. The number of rotatable bonds is 7. The summed E-state index contributed by atoms with van der Waals surface area (Å²) in [4.78, 5) is 20.2. The number of sulfonamides is 1. The average molecular weight is 560 g/mol. The molecule has 4 rings (SSSR count). The molecule has 2 aromatic carbocycles. The molecular weight excluding hydrogens is 543 g/mol. The van der Waals surface area contributed by atoms with E-state index in [1.807, 2.05) is 35.1 Å². The number of nitrogens with one attached hydrogen (secondary N) is 2. The zero-order valence-electron chi connectivity index (χ0n) is 19.3. The molecule has 194 valence electrons. The highest BCUT2D eigenvalue weighted by atomic mass is 32.2. The van der Waals surface area contributed by atoms with Gasteiger partial charge in [-0.3, -0.25) is 9.52 Å². The molecular formula is C24H16F3N5O4S2. The highest BCUT2D eigenvalue weighted by molar-refractivity contribution is 7.92. The smallest absolute Gasteiger partial charge is 0.418 e. The standard InChI is InChI=1S/C24H16F3N5O4S2/c1-36-22-19(38(34,35)32-20-15(11-28)8-5-9-17(20)24(25,26)27)10-16(12-29-22)30-21(33)18-13-37-23(31-18)14-6-3-2-4-7-14/h2-10,12-13,32H,1H3,(H,30,33). The lowest BCUT2D eigenvalue weighted by Crippen LogP contribution is -2.20. The Morgan fingerprint density at radius 3 is 2.53 bits per heavy atom. The Morgan fingerprint density at radius 2 is 1.87 bits per heavy atom. The topological polar surface area (TPSA) is 134 Å². The van der Waals surface area contributed by atoms with Crippen molar-refractivity contribution in [1.82, 2.24) is 9.97 Å². The third-order valence-electron chi connectivity index (χ3n) is 5.04. The van der Waals surface area contributed by atoms with Crippen LogP contribution in [-0.4, -0.2) is 31.4 Å². The number of anilines is 2. The van der Waals surface area contributed by atoms with Crippen LogP contribution in [-0.2, 0) is 16.2 Å². The monoisotopic (exact) mass is 559 g/mol. The third-order valence-corrected chi connectivity index (χ3v) is 7.28. The summed E-state index contributed by atoms with van der Waals surface area (Å²) in [6, 6.07) is 14.3. The number of aromatic nitrogens is 2. The number of methoxy groups -OCH3 is 1. The van der Waals surface area contributed by atoms with E-state index < -0.39 is 49.7 Å². The van der Waals surface area contributed by atoms with Crippen molar-refractivity contribution < 1.29 is 31.1 Å². The van der Waals surface area contributed by atoms with E-state index in [9.17, 15) is 31.6 Å². The van der Waals surface area contributed by atoms with Crippen LogP contribution in [0.5, 0.6) is 5.88 Å². The second kappa shape index (κ2) is 10.5. The van der Waals surface area contributed by atoms with Crippen molar-refractivity contribution >= 4 is 38.6 Å². The molecule has 0 saturated carbocycles. The van der Waals surface area contributed by atoms with Gasteiger partial charge in [0, 0.05) is 10.9 Å². The lowest BCUT2D eigenvalue weighted by atomic mass is 10.1. The lowest BCUT2D eigenvalue weighted by molar-refractivity contribution is -0.136. The molecule has 9 nitrogen and oxygen atoms in total. The summed E-state index contributed by atoms with van der Waals surface area (Å²) in [6.45, 7) is 0. The molecule has 0 bridgehead atoms. The van der Waals surface area contributed by atoms with Gasteiger partial charge < -0.3 is 10.1 Å². The number of hydrogen-bond acceptors (Lipinski definition) is 8. The van der Waals surface area contributed by atoms with E-state index in [0.717, 1.165) is 37.1 Å². The Labute approximate surface area is 218 Å². The number of amides is 1. The number of hydrogen-bond donors (Lipinski definition) is 2. The van der Waals surface area contributed by atoms with E-state index in [2.05, 4.69) is 15.3 Å². The highest BCUT2D eigenvalue weighted by Gasteiger charge is 2.36. The molecule has 4 aromatic rings. The minimum absolute atomic E-state index is 0.0602. The first-order valence-corrected chi connectivity index (χ1v) is 12.9. The SMILES string of the molecule is COc1ncc(NC(=O)c2csc(-c3ccccc3)n2)cc1S(=O)(=O)Nc1c(C#N)cccc1C(F)(F)F. The molecule has 0 fully saturated rings. The average Bonchev–Trinajstić information content (AvgIpc) is 3.39. The van der Waals surface area contributed by atoms with Crippen LogP contribution in [0.2, 0.25) is 0 Å². The summed E-state index contributed by atoms with van der Waals surface area (Å²) in [5.74, 6) is -1.11. The first-order chi connectivity index (χ1) is 18.0. The van der Waals surface area contributed by atoms with E-state index in [4.69, 9.17) is 4.74 Å². The first-order valence-electron chi connectivity index (χ1n) is 10.5. The predicted octanol–water partition coefficient (Wildman–Crippen LogP) is 5.16. The number of nitrogens with zero attached hydrogens (tertiary/aromatic N) is 3. The summed E-state index contributed by atoms with van der Waals surface area (Å²) < 4.78 is 73.7. The maximum Gasteiger partial charge on any atom is 0.418 e. The fourth-order valence-electron chi connectivity index (χ4n) is 3.31. The molecule has 0 aliphatic heterocycles. The molecule has 38 heavy (non-hydrogen) atoms. The molecule has 0 radical (unpaired) electrons. The number of thiazole rings is 1. The van der Waals surface area contributed by atoms with Crippen LogP contribution in [0.3, 0.4) is 0 Å². The molecule has 2 N–H and O–H groups in total. The summed E-state index contributed by atoms with van der Waals surface area (Å²) >= 11 is 1.23. The molecule has 2 aromatic heterocycles. The fraction of sp³-hybridized carbons (Fsp3) is 0.0833. The van der Waals surface area contributed by atoms with Gasteiger partial charge in [0.1, 0.15) is 16.8 Å². The molecule has 1 amide bonds. The van der Waals surface area contributed by atoms with Crippen molar-refractivity contribution in [2.75, 3.05) is 17.1 Å². The van der Waals surface area contributed by atoms with Crippen molar-refractivity contribution in [3.8, 4) is 22.5 Å². The van der Waals surface area contributed by atoms with E-state index in [-0.39, 0.29) is 11.4 Å². The Morgan fingerprint density at radius 1 is 1.13 bits per heavy atom. The predicted molar refractivity (Wildman–Crippen MR) is 133 cm³/mol. The zero-order valence-corrected chi connectivity index (χ0v) is 20.9. The second-order valence-corrected chi connectivity index (χ2v) is 10.0. The van der Waals surface area contributed by atoms with Gasteiger partial charge in [0.2, 0.25) is 5.88 Å². The van der Waals surface area contributed by atoms with Crippen molar-refractivity contribution in [3.05, 3.63) is 83.0 Å². The van der Waals surface area contributed by atoms with Gasteiger partial charge in [-0.05, 0) is 18.2 Å². The summed E-state index contributed by atoms with van der Waals surface area (Å²) in [6.07, 6.45) is -3.83. The van der Waals surface area contributed by atoms with Crippen LogP contribution in [0.25, 0.3) is 10.6 Å². The van der Waals surface area contributed by atoms with Crippen molar-refractivity contribution in [3.63, 3.8) is 0 Å². The van der Waals surface area contributed by atoms with E-state index in [0.29, 0.717) is 11.1 Å². The minimum Gasteiger partial charge on any atom is -0.480 e. The number of pyridine rings is 1. The van der Waals surface area contributed by atoms with Gasteiger partial charge in [0.15, 0.2) is 4.90 Å². The Balaban J connectivity index is 1.65. The van der Waals surface area contributed by atoms with Crippen LogP contribution in [0.15, 0.2) is 71.1 Å². The summed E-state index contributed by atoms with van der Waals surface area (Å²) in [7, 11) is -3.66. The highest BCUT2D eigenvalue weighted by Crippen LogP contribution is 2.38. The largest absolute Gasteiger partial charge is 0.480 e. The van der Waals surface area contributed by atoms with Gasteiger partial charge in [-0.2, -0.15) is 18.4 Å². The normalized spacial score (nSPS) is 11.4. The Hall–Kier alpha value is -4.48. The number of carbonyl (C=O) groups excluding carboxylic acids is 1. The fourth-order valence-corrected chi connectivity index (χ4v) is 5.37. The number of alkyl halides is 3. The molecule has 0 saturated heterocycles. The van der Waals surface area contributed by atoms with Crippen LogP contribution >= 0.6 is 11.3 Å². The molecule has 14 heteroatoms. The van der Waals surface area contributed by atoms with E-state index >= 15 is 0 Å². The number of halogens is 3. The van der Waals surface area contributed by atoms with Crippen molar-refractivity contribution in [1.29, 1.82) is 5.26 Å². The molecule has 0 atom stereocenters. The Bertz CT molecular complexity index is 1650. The molecule has 0 unspecified atom stereocenters. The molecule has 2 heterocycles. The van der Waals surface area contributed by atoms with Gasteiger partial charge in [-0.25, -0.2) is 18.4 Å². The molecule has 0 spiro atoms. The van der Waals surface area contributed by atoms with E-state index in [1.54, 1.807) is 6.07 Å². The number of nitriles is 1. The lowest BCUT2D eigenvalue weighted by Gasteiger charge is -2.17. The van der Waals surface area contributed by atoms with Crippen molar-refractivity contribution in [2.45, 2.75) is 11.1 Å². The van der Waals surface area contributed by atoms with Gasteiger partial charge in [-0.1, -0.05) is 36.4 Å².